The maximum absolute atomic E-state index is 8.67. The van der Waals surface area contributed by atoms with Crippen LogP contribution in [0.3, 0.4) is 0 Å². The molecule has 0 amide bonds. The van der Waals surface area contributed by atoms with E-state index in [4.69, 9.17) is 5.26 Å². The molecule has 3 nitrogen and oxygen atoms in total. The first kappa shape index (κ1) is 13.4. The van der Waals surface area contributed by atoms with Crippen molar-refractivity contribution in [3.63, 3.8) is 0 Å². The van der Waals surface area contributed by atoms with Crippen LogP contribution in [-0.2, 0) is 11.8 Å². The summed E-state index contributed by atoms with van der Waals surface area (Å²) in [4.78, 5) is 7.41. The fourth-order valence-electron chi connectivity index (χ4n) is 2.10. The number of aromatic amines is 1. The van der Waals surface area contributed by atoms with Crippen molar-refractivity contribution < 1.29 is 0 Å². The van der Waals surface area contributed by atoms with Crippen LogP contribution in [0, 0.1) is 18.3 Å². The molecule has 0 bridgehead atoms. The van der Waals surface area contributed by atoms with Crippen LogP contribution < -0.4 is 0 Å². The van der Waals surface area contributed by atoms with Gasteiger partial charge in [0.2, 0.25) is 0 Å². The number of H-pyrrole nitrogens is 1. The Bertz CT molecular complexity index is 624. The SMILES string of the molecule is Cc1cc(C(C)(C)C)ccc1-c1cnc(CC#N)[nH]1. The molecule has 0 fully saturated rings. The van der Waals surface area contributed by atoms with Crippen LogP contribution in [0.2, 0.25) is 0 Å². The first-order valence-electron chi connectivity index (χ1n) is 6.44. The van der Waals surface area contributed by atoms with Crippen molar-refractivity contribution in [1.29, 1.82) is 5.26 Å². The van der Waals surface area contributed by atoms with E-state index in [1.807, 2.05) is 0 Å². The minimum absolute atomic E-state index is 0.156. The van der Waals surface area contributed by atoms with Crippen LogP contribution in [0.4, 0.5) is 0 Å². The van der Waals surface area contributed by atoms with Gasteiger partial charge >= 0.3 is 0 Å². The Morgan fingerprint density at radius 2 is 2.05 bits per heavy atom. The number of hydrogen-bond acceptors (Lipinski definition) is 2. The highest BCUT2D eigenvalue weighted by Gasteiger charge is 2.15. The predicted octanol–water partition coefficient (Wildman–Crippen LogP) is 3.75. The Labute approximate surface area is 114 Å². The Hall–Kier alpha value is -2.08. The third-order valence-electron chi connectivity index (χ3n) is 3.26. The number of imidazole rings is 1. The van der Waals surface area contributed by atoms with Crippen molar-refractivity contribution in [2.75, 3.05) is 0 Å². The number of nitrogens with zero attached hydrogens (tertiary/aromatic N) is 2. The third kappa shape index (κ3) is 2.85. The lowest BCUT2D eigenvalue weighted by atomic mass is 9.85. The number of benzene rings is 1. The molecule has 2 aromatic rings. The minimum Gasteiger partial charge on any atom is -0.341 e. The maximum atomic E-state index is 8.67. The van der Waals surface area contributed by atoms with Crippen LogP contribution >= 0.6 is 0 Å². The van der Waals surface area contributed by atoms with Crippen molar-refractivity contribution in [3.05, 3.63) is 41.3 Å². The highest BCUT2D eigenvalue weighted by molar-refractivity contribution is 5.63. The summed E-state index contributed by atoms with van der Waals surface area (Å²) < 4.78 is 0. The van der Waals surface area contributed by atoms with Crippen LogP contribution in [0.25, 0.3) is 11.3 Å². The molecule has 0 unspecified atom stereocenters. The monoisotopic (exact) mass is 253 g/mol. The predicted molar refractivity (Wildman–Crippen MR) is 76.8 cm³/mol. The zero-order chi connectivity index (χ0) is 14.0. The lowest BCUT2D eigenvalue weighted by Gasteiger charge is -2.20. The molecule has 0 radical (unpaired) electrons. The molecule has 2 rings (SSSR count). The van der Waals surface area contributed by atoms with Gasteiger partial charge < -0.3 is 4.98 Å². The summed E-state index contributed by atoms with van der Waals surface area (Å²) in [5.74, 6) is 0.719. The summed E-state index contributed by atoms with van der Waals surface area (Å²) >= 11 is 0. The van der Waals surface area contributed by atoms with Gasteiger partial charge in [0.25, 0.3) is 0 Å². The van der Waals surface area contributed by atoms with Gasteiger partial charge in [-0.15, -0.1) is 0 Å². The molecule has 0 saturated heterocycles. The molecule has 0 aliphatic carbocycles. The number of rotatable bonds is 2. The second-order valence-corrected chi connectivity index (χ2v) is 5.86. The second kappa shape index (κ2) is 4.89. The molecule has 3 heteroatoms. The molecule has 1 aromatic heterocycles. The fraction of sp³-hybridized carbons (Fsp3) is 0.375. The summed E-state index contributed by atoms with van der Waals surface area (Å²) in [5.41, 5.74) is 4.82. The van der Waals surface area contributed by atoms with E-state index >= 15 is 0 Å². The highest BCUT2D eigenvalue weighted by Crippen LogP contribution is 2.28. The minimum atomic E-state index is 0.156. The number of hydrogen-bond donors (Lipinski definition) is 1. The van der Waals surface area contributed by atoms with Crippen molar-refractivity contribution in [2.45, 2.75) is 39.5 Å². The zero-order valence-electron chi connectivity index (χ0n) is 11.9. The molecule has 1 heterocycles. The number of aromatic nitrogens is 2. The largest absolute Gasteiger partial charge is 0.341 e. The Morgan fingerprint density at radius 3 is 2.63 bits per heavy atom. The molecule has 1 aromatic carbocycles. The first-order valence-corrected chi connectivity index (χ1v) is 6.44. The fourth-order valence-corrected chi connectivity index (χ4v) is 2.10. The number of nitriles is 1. The molecule has 1 N–H and O–H groups in total. The normalized spacial score (nSPS) is 11.3. The average Bonchev–Trinajstić information content (AvgIpc) is 2.76. The smallest absolute Gasteiger partial charge is 0.120 e. The quantitative estimate of drug-likeness (QED) is 0.886. The van der Waals surface area contributed by atoms with Gasteiger partial charge in [0, 0.05) is 5.56 Å². The van der Waals surface area contributed by atoms with Gasteiger partial charge in [-0.3, -0.25) is 0 Å². The summed E-state index contributed by atoms with van der Waals surface area (Å²) in [7, 11) is 0. The molecule has 0 aliphatic rings. The van der Waals surface area contributed by atoms with E-state index in [9.17, 15) is 0 Å². The van der Waals surface area contributed by atoms with Gasteiger partial charge in [-0.25, -0.2) is 4.98 Å². The van der Waals surface area contributed by atoms with Crippen LogP contribution in [0.1, 0.15) is 37.7 Å². The lowest BCUT2D eigenvalue weighted by molar-refractivity contribution is 0.590. The standard InChI is InChI=1S/C16H19N3/c1-11-9-12(16(2,3)4)5-6-13(11)14-10-18-15(19-14)7-8-17/h5-6,9-10H,7H2,1-4H3,(H,18,19). The van der Waals surface area contributed by atoms with Gasteiger partial charge in [-0.05, 0) is 23.5 Å². The van der Waals surface area contributed by atoms with Crippen LogP contribution in [0.5, 0.6) is 0 Å². The maximum Gasteiger partial charge on any atom is 0.120 e. The summed E-state index contributed by atoms with van der Waals surface area (Å²) in [6.45, 7) is 8.74. The van der Waals surface area contributed by atoms with Gasteiger partial charge in [0.1, 0.15) is 5.82 Å². The van der Waals surface area contributed by atoms with E-state index in [-0.39, 0.29) is 5.41 Å². The van der Waals surface area contributed by atoms with Crippen molar-refractivity contribution >= 4 is 0 Å². The molecule has 0 saturated carbocycles. The summed E-state index contributed by atoms with van der Waals surface area (Å²) in [5, 5.41) is 8.67. The Morgan fingerprint density at radius 1 is 1.32 bits per heavy atom. The van der Waals surface area contributed by atoms with E-state index in [1.54, 1.807) is 6.20 Å². The van der Waals surface area contributed by atoms with E-state index in [2.05, 4.69) is 61.9 Å². The van der Waals surface area contributed by atoms with E-state index in [1.165, 1.54) is 11.1 Å². The van der Waals surface area contributed by atoms with E-state index < -0.39 is 0 Å². The van der Waals surface area contributed by atoms with Crippen molar-refractivity contribution in [1.82, 2.24) is 9.97 Å². The molecule has 0 aliphatic heterocycles. The van der Waals surface area contributed by atoms with Gasteiger partial charge in [-0.2, -0.15) is 5.26 Å². The lowest BCUT2D eigenvalue weighted by Crippen LogP contribution is -2.11. The van der Waals surface area contributed by atoms with E-state index in [0.29, 0.717) is 6.42 Å². The van der Waals surface area contributed by atoms with Crippen molar-refractivity contribution in [3.8, 4) is 17.3 Å². The first-order chi connectivity index (χ1) is 8.91. The van der Waals surface area contributed by atoms with Gasteiger partial charge in [0.05, 0.1) is 24.4 Å². The van der Waals surface area contributed by atoms with Crippen LogP contribution in [-0.4, -0.2) is 9.97 Å². The van der Waals surface area contributed by atoms with Crippen LogP contribution in [0.15, 0.2) is 24.4 Å². The summed E-state index contributed by atoms with van der Waals surface area (Å²) in [6.07, 6.45) is 2.12. The molecular formula is C16H19N3. The average molecular weight is 253 g/mol. The van der Waals surface area contributed by atoms with Crippen molar-refractivity contribution in [2.24, 2.45) is 0 Å². The number of aryl methyl sites for hydroxylation is 1. The Balaban J connectivity index is 2.38. The molecule has 98 valence electrons. The summed E-state index contributed by atoms with van der Waals surface area (Å²) in [6, 6.07) is 8.61. The molecule has 19 heavy (non-hydrogen) atoms. The molecule has 0 atom stereocenters. The second-order valence-electron chi connectivity index (χ2n) is 5.86. The number of nitrogens with one attached hydrogen (secondary N) is 1. The van der Waals surface area contributed by atoms with Gasteiger partial charge in [0.15, 0.2) is 0 Å². The highest BCUT2D eigenvalue weighted by atomic mass is 14.9. The molecule has 0 spiro atoms. The topological polar surface area (TPSA) is 52.5 Å². The Kier molecular flexibility index (Phi) is 3.44. The third-order valence-corrected chi connectivity index (χ3v) is 3.26. The zero-order valence-corrected chi connectivity index (χ0v) is 11.9. The molecular weight excluding hydrogens is 234 g/mol. The van der Waals surface area contributed by atoms with Gasteiger partial charge in [-0.1, -0.05) is 39.0 Å². The van der Waals surface area contributed by atoms with E-state index in [0.717, 1.165) is 17.1 Å².